The van der Waals surface area contributed by atoms with Gasteiger partial charge >= 0.3 is 0 Å². The number of nitrogens with two attached hydrogens (primary N) is 1. The Hall–Kier alpha value is -4.94. The zero-order valence-corrected chi connectivity index (χ0v) is 22.5. The van der Waals surface area contributed by atoms with Crippen molar-refractivity contribution in [1.29, 1.82) is 0 Å². The molecule has 0 aliphatic carbocycles. The van der Waals surface area contributed by atoms with Crippen LogP contribution in [0.4, 0.5) is 11.4 Å². The minimum Gasteiger partial charge on any atom is -0.507 e. The number of aromatic nitrogens is 3. The molecule has 1 heterocycles. The van der Waals surface area contributed by atoms with E-state index in [0.717, 1.165) is 11.2 Å². The van der Waals surface area contributed by atoms with Crippen molar-refractivity contribution >= 4 is 38.0 Å². The van der Waals surface area contributed by atoms with Crippen LogP contribution in [-0.2, 0) is 16.7 Å². The van der Waals surface area contributed by atoms with Gasteiger partial charge < -0.3 is 5.11 Å². The van der Waals surface area contributed by atoms with Crippen molar-refractivity contribution in [3.8, 4) is 5.75 Å². The highest BCUT2D eigenvalue weighted by molar-refractivity contribution is 7.85. The maximum absolute atomic E-state index is 12.0. The maximum Gasteiger partial charge on any atom is 0.295 e. The molecule has 0 saturated carbocycles. The molecule has 5 rings (SSSR count). The van der Waals surface area contributed by atoms with Gasteiger partial charge in [-0.2, -0.15) is 13.5 Å². The van der Waals surface area contributed by atoms with E-state index in [-0.39, 0.29) is 23.0 Å². The van der Waals surface area contributed by atoms with E-state index in [2.05, 4.69) is 15.3 Å². The number of carbonyl (C=O) groups excluding carboxylic acids is 1. The van der Waals surface area contributed by atoms with Crippen LogP contribution in [0.25, 0.3) is 10.8 Å². The van der Waals surface area contributed by atoms with Crippen LogP contribution in [0.5, 0.6) is 5.75 Å². The summed E-state index contributed by atoms with van der Waals surface area (Å²) < 4.78 is 34.0. The van der Waals surface area contributed by atoms with E-state index >= 15 is 0 Å². The lowest BCUT2D eigenvalue weighted by Crippen LogP contribution is -2.48. The molecule has 0 unspecified atom stereocenters. The van der Waals surface area contributed by atoms with E-state index in [0.29, 0.717) is 28.1 Å². The van der Waals surface area contributed by atoms with Crippen molar-refractivity contribution in [3.05, 3.63) is 108 Å². The topological polar surface area (TPSA) is 164 Å². The summed E-state index contributed by atoms with van der Waals surface area (Å²) in [6, 6.07) is 25.0. The normalized spacial score (nSPS) is 11.4. The van der Waals surface area contributed by atoms with Gasteiger partial charge in [0, 0.05) is 35.3 Å². The molecule has 0 saturated heterocycles. The number of fused-ring (bicyclic) bond motifs is 1. The molecule has 0 radical (unpaired) electrons. The zero-order chi connectivity index (χ0) is 28.9. The highest BCUT2D eigenvalue weighted by Gasteiger charge is 2.20. The third-order valence-corrected chi connectivity index (χ3v) is 6.88. The summed E-state index contributed by atoms with van der Waals surface area (Å²) >= 11 is 0. The predicted molar refractivity (Wildman–Crippen MR) is 149 cm³/mol. The third-order valence-electron chi connectivity index (χ3n) is 6.01. The predicted octanol–water partition coefficient (Wildman–Crippen LogP) is 4.59. The average Bonchev–Trinajstić information content (AvgIpc) is 3.19. The first-order valence-corrected chi connectivity index (χ1v) is 13.5. The fourth-order valence-corrected chi connectivity index (χ4v) is 4.29. The van der Waals surface area contributed by atoms with Crippen LogP contribution in [0.1, 0.15) is 22.0 Å². The molecule has 0 bridgehead atoms. The van der Waals surface area contributed by atoms with Gasteiger partial charge in [0.1, 0.15) is 5.75 Å². The van der Waals surface area contributed by atoms with Crippen LogP contribution in [0.15, 0.2) is 106 Å². The first-order valence-electron chi connectivity index (χ1n) is 12.0. The number of benzene rings is 4. The number of carbonyl (C=O) groups is 1. The Morgan fingerprint density at radius 2 is 1.52 bits per heavy atom. The fraction of sp³-hybridized carbons (Fsp3) is 0.107. The lowest BCUT2D eigenvalue weighted by molar-refractivity contribution is -0.652. The summed E-state index contributed by atoms with van der Waals surface area (Å²) in [6.07, 6.45) is 0. The Labute approximate surface area is 230 Å². The molecule has 40 heavy (non-hydrogen) atoms. The minimum atomic E-state index is -4.22. The Kier molecular flexibility index (Phi) is 8.31. The number of Topliss-reactive ketones (excluding diaryl/α,β-unsaturated/α-hetero) is 1. The number of rotatable bonds is 6. The second-order valence-corrected chi connectivity index (χ2v) is 10.2. The standard InChI is InChI=1S/C16H12N2O4S.C12H15N4O/c19-16-10-9-15(13-3-1-2-4-14(13)16)18-17-11-5-7-12(8-6-11)23(20,21)22;1-9-14-15(10(2)16(9)13)8-12(17)11-6-4-3-5-7-11/h1-10,19H,(H,20,21,22);3-7H,8,13H2,1-2H3/q;+1. The molecular weight excluding hydrogens is 532 g/mol. The number of aromatic hydroxyl groups is 1. The Bertz CT molecular complexity index is 1800. The molecule has 204 valence electrons. The molecule has 0 aliphatic heterocycles. The number of ketones is 1. The molecule has 0 spiro atoms. The van der Waals surface area contributed by atoms with Gasteiger partial charge in [0.2, 0.25) is 0 Å². The smallest absolute Gasteiger partial charge is 0.295 e. The van der Waals surface area contributed by atoms with E-state index in [9.17, 15) is 18.3 Å². The quantitative estimate of drug-likeness (QED) is 0.0900. The van der Waals surface area contributed by atoms with Crippen LogP contribution in [-0.4, -0.2) is 33.6 Å². The van der Waals surface area contributed by atoms with Gasteiger partial charge in [-0.3, -0.25) is 15.2 Å². The maximum atomic E-state index is 12.0. The second kappa shape index (κ2) is 11.8. The Morgan fingerprint density at radius 3 is 2.12 bits per heavy atom. The molecule has 0 aliphatic rings. The summed E-state index contributed by atoms with van der Waals surface area (Å²) in [4.78, 5) is 11.8. The van der Waals surface area contributed by atoms with Crippen molar-refractivity contribution in [3.63, 3.8) is 0 Å². The summed E-state index contributed by atoms with van der Waals surface area (Å²) in [6.45, 7) is 3.84. The van der Waals surface area contributed by atoms with Gasteiger partial charge in [-0.1, -0.05) is 54.6 Å². The molecule has 11 nitrogen and oxygen atoms in total. The van der Waals surface area contributed by atoms with Crippen LogP contribution < -0.4 is 10.5 Å². The molecule has 0 atom stereocenters. The SMILES string of the molecule is Cc1nn(CC(=O)c2ccccc2)c(C)[n+]1N.O=S(=O)(O)c1ccc(N=Nc2ccc(O)c3ccccc23)cc1. The molecule has 12 heteroatoms. The van der Waals surface area contributed by atoms with Gasteiger partial charge in [-0.15, -0.1) is 14.5 Å². The van der Waals surface area contributed by atoms with Crippen LogP contribution >= 0.6 is 0 Å². The first-order chi connectivity index (χ1) is 19.0. The van der Waals surface area contributed by atoms with Gasteiger partial charge in [-0.05, 0) is 36.4 Å². The molecule has 4 N–H and O–H groups in total. The average molecular weight is 560 g/mol. The number of nitrogen functional groups attached to an aromatic ring is 1. The number of hydrogen-bond acceptors (Lipinski definition) is 8. The highest BCUT2D eigenvalue weighted by Crippen LogP contribution is 2.33. The molecule has 5 aromatic rings. The molecule has 1 aromatic heterocycles. The lowest BCUT2D eigenvalue weighted by atomic mass is 10.1. The number of phenolic OH excluding ortho intramolecular Hbond substituents is 1. The number of aryl methyl sites for hydroxylation is 1. The monoisotopic (exact) mass is 559 g/mol. The van der Waals surface area contributed by atoms with Crippen molar-refractivity contribution in [1.82, 2.24) is 9.78 Å². The van der Waals surface area contributed by atoms with Crippen molar-refractivity contribution in [2.75, 3.05) is 5.84 Å². The van der Waals surface area contributed by atoms with E-state index in [4.69, 9.17) is 10.4 Å². The van der Waals surface area contributed by atoms with Gasteiger partial charge in [0.25, 0.3) is 21.8 Å². The van der Waals surface area contributed by atoms with Crippen molar-refractivity contribution in [2.45, 2.75) is 25.3 Å². The van der Waals surface area contributed by atoms with E-state index in [1.54, 1.807) is 35.9 Å². The highest BCUT2D eigenvalue weighted by atomic mass is 32.2. The van der Waals surface area contributed by atoms with Gasteiger partial charge in [0.15, 0.2) is 12.3 Å². The van der Waals surface area contributed by atoms with Gasteiger partial charge in [-0.25, -0.2) is 0 Å². The number of nitrogens with zero attached hydrogens (tertiary/aromatic N) is 5. The summed E-state index contributed by atoms with van der Waals surface area (Å²) in [5, 5.41) is 23.7. The molecule has 0 fully saturated rings. The third kappa shape index (κ3) is 6.54. The Morgan fingerprint density at radius 1 is 0.900 bits per heavy atom. The van der Waals surface area contributed by atoms with Crippen molar-refractivity contribution in [2.24, 2.45) is 10.2 Å². The van der Waals surface area contributed by atoms with E-state index < -0.39 is 10.1 Å². The van der Waals surface area contributed by atoms with Crippen LogP contribution in [0.2, 0.25) is 0 Å². The van der Waals surface area contributed by atoms with E-state index in [1.165, 1.54) is 35.0 Å². The Balaban J connectivity index is 0.000000194. The molecular formula is C28H27N6O5S+. The molecule has 0 amide bonds. The van der Waals surface area contributed by atoms with Crippen LogP contribution in [0.3, 0.4) is 0 Å². The summed E-state index contributed by atoms with van der Waals surface area (Å²) in [7, 11) is -4.22. The number of azo groups is 1. The van der Waals surface area contributed by atoms with E-state index in [1.807, 2.05) is 43.3 Å². The number of hydrogen-bond donors (Lipinski definition) is 3. The first kappa shape index (κ1) is 28.1. The summed E-state index contributed by atoms with van der Waals surface area (Å²) in [5.74, 6) is 7.37. The number of phenols is 1. The minimum absolute atomic E-state index is 0.0248. The lowest BCUT2D eigenvalue weighted by Gasteiger charge is -2.03. The molecule has 4 aromatic carbocycles. The zero-order valence-electron chi connectivity index (χ0n) is 21.7. The van der Waals surface area contributed by atoms with Crippen LogP contribution in [0, 0.1) is 13.8 Å². The summed E-state index contributed by atoms with van der Waals surface area (Å²) in [5.41, 5.74) is 1.70. The van der Waals surface area contributed by atoms with Crippen molar-refractivity contribution < 1.29 is 27.5 Å². The fourth-order valence-electron chi connectivity index (χ4n) is 3.81. The van der Waals surface area contributed by atoms with Gasteiger partial charge in [0.05, 0.1) is 16.3 Å². The largest absolute Gasteiger partial charge is 0.507 e. The second-order valence-electron chi connectivity index (χ2n) is 8.73.